The molecule has 1 aliphatic rings. The number of carboxylic acids is 1. The third-order valence-electron chi connectivity index (χ3n) is 4.25. The molecule has 1 aromatic heterocycles. The molecule has 0 radical (unpaired) electrons. The SMILES string of the molecule is CCN(CC(=O)O)C1CC(NS(=O)(=O)c2c(C)csc2C(=O)OC)C1. The van der Waals surface area contributed by atoms with Gasteiger partial charge >= 0.3 is 11.9 Å². The first-order chi connectivity index (χ1) is 11.7. The molecular formula is C15H22N2O6S2. The number of carbonyl (C=O) groups excluding carboxylic acids is 1. The minimum absolute atomic E-state index is 0.0364. The lowest BCUT2D eigenvalue weighted by molar-refractivity contribution is -0.139. The van der Waals surface area contributed by atoms with Crippen LogP contribution in [0.1, 0.15) is 35.0 Å². The van der Waals surface area contributed by atoms with Crippen LogP contribution in [0.4, 0.5) is 0 Å². The molecule has 0 aromatic carbocycles. The van der Waals surface area contributed by atoms with Gasteiger partial charge in [0.1, 0.15) is 9.77 Å². The van der Waals surface area contributed by atoms with Gasteiger partial charge in [0, 0.05) is 12.1 Å². The minimum atomic E-state index is -3.85. The molecule has 1 heterocycles. The van der Waals surface area contributed by atoms with Crippen molar-refractivity contribution in [3.8, 4) is 0 Å². The zero-order chi connectivity index (χ0) is 18.8. The Morgan fingerprint density at radius 1 is 1.44 bits per heavy atom. The Balaban J connectivity index is 2.06. The van der Waals surface area contributed by atoms with Crippen LogP contribution in [-0.2, 0) is 19.6 Å². The molecule has 0 bridgehead atoms. The van der Waals surface area contributed by atoms with Crippen molar-refractivity contribution in [3.05, 3.63) is 15.8 Å². The average molecular weight is 390 g/mol. The number of hydrogen-bond acceptors (Lipinski definition) is 7. The van der Waals surface area contributed by atoms with Crippen molar-refractivity contribution < 1.29 is 27.9 Å². The van der Waals surface area contributed by atoms with E-state index in [4.69, 9.17) is 5.11 Å². The summed E-state index contributed by atoms with van der Waals surface area (Å²) in [7, 11) is -2.64. The van der Waals surface area contributed by atoms with Crippen LogP contribution in [0.25, 0.3) is 0 Å². The fourth-order valence-electron chi connectivity index (χ4n) is 2.93. The van der Waals surface area contributed by atoms with E-state index in [-0.39, 0.29) is 28.4 Å². The molecule has 1 fully saturated rings. The van der Waals surface area contributed by atoms with Gasteiger partial charge < -0.3 is 9.84 Å². The van der Waals surface area contributed by atoms with Gasteiger partial charge in [-0.2, -0.15) is 0 Å². The van der Waals surface area contributed by atoms with E-state index in [1.54, 1.807) is 12.3 Å². The third-order valence-corrected chi connectivity index (χ3v) is 7.17. The van der Waals surface area contributed by atoms with E-state index in [9.17, 15) is 18.0 Å². The van der Waals surface area contributed by atoms with Gasteiger partial charge in [0.15, 0.2) is 0 Å². The van der Waals surface area contributed by atoms with Crippen molar-refractivity contribution in [3.63, 3.8) is 0 Å². The standard InChI is InChI=1S/C15H22N2O6S2/c1-4-17(7-12(18)19)11-5-10(6-11)16-25(21,22)14-9(2)8-24-13(14)15(20)23-3/h8,10-11,16H,4-7H2,1-3H3,(H,18,19). The van der Waals surface area contributed by atoms with Gasteiger partial charge in [-0.05, 0) is 37.3 Å². The number of sulfonamides is 1. The van der Waals surface area contributed by atoms with Crippen molar-refractivity contribution in [2.24, 2.45) is 0 Å². The molecule has 2 N–H and O–H groups in total. The molecular weight excluding hydrogens is 368 g/mol. The number of carbonyl (C=O) groups is 2. The summed E-state index contributed by atoms with van der Waals surface area (Å²) in [4.78, 5) is 24.5. The Morgan fingerprint density at radius 2 is 2.08 bits per heavy atom. The largest absolute Gasteiger partial charge is 0.480 e. The molecule has 140 valence electrons. The van der Waals surface area contributed by atoms with Crippen molar-refractivity contribution >= 4 is 33.3 Å². The third kappa shape index (κ3) is 4.38. The Bertz CT molecular complexity index is 752. The summed E-state index contributed by atoms with van der Waals surface area (Å²) in [5.74, 6) is -1.58. The van der Waals surface area contributed by atoms with E-state index in [2.05, 4.69) is 9.46 Å². The zero-order valence-corrected chi connectivity index (χ0v) is 15.9. The van der Waals surface area contributed by atoms with E-state index in [1.807, 2.05) is 11.8 Å². The van der Waals surface area contributed by atoms with E-state index >= 15 is 0 Å². The highest BCUT2D eigenvalue weighted by Crippen LogP contribution is 2.31. The van der Waals surface area contributed by atoms with Crippen LogP contribution in [0, 0.1) is 6.92 Å². The van der Waals surface area contributed by atoms with Gasteiger partial charge in [0.2, 0.25) is 10.0 Å². The highest BCUT2D eigenvalue weighted by atomic mass is 32.2. The Morgan fingerprint density at radius 3 is 2.60 bits per heavy atom. The first kappa shape index (κ1) is 19.8. The van der Waals surface area contributed by atoms with Crippen LogP contribution in [0.3, 0.4) is 0 Å². The Labute approximate surface area is 150 Å². The normalized spacial score (nSPS) is 20.3. The number of esters is 1. The average Bonchev–Trinajstić information content (AvgIpc) is 2.90. The lowest BCUT2D eigenvalue weighted by Gasteiger charge is -2.42. The molecule has 0 atom stereocenters. The predicted octanol–water partition coefficient (Wildman–Crippen LogP) is 1.06. The second kappa shape index (κ2) is 7.81. The lowest BCUT2D eigenvalue weighted by atomic mass is 9.86. The first-order valence-corrected chi connectivity index (χ1v) is 10.2. The minimum Gasteiger partial charge on any atom is -0.480 e. The molecule has 0 amide bonds. The number of aliphatic carboxylic acids is 1. The predicted molar refractivity (Wildman–Crippen MR) is 92.4 cm³/mol. The topological polar surface area (TPSA) is 113 Å². The van der Waals surface area contributed by atoms with Crippen molar-refractivity contribution in [2.45, 2.75) is 43.7 Å². The molecule has 0 aliphatic heterocycles. The van der Waals surface area contributed by atoms with E-state index in [0.29, 0.717) is 24.9 Å². The van der Waals surface area contributed by atoms with Gasteiger partial charge in [0.25, 0.3) is 0 Å². The second-order valence-electron chi connectivity index (χ2n) is 5.97. The van der Waals surface area contributed by atoms with Gasteiger partial charge in [-0.15, -0.1) is 11.3 Å². The molecule has 10 heteroatoms. The van der Waals surface area contributed by atoms with E-state index in [1.165, 1.54) is 7.11 Å². The van der Waals surface area contributed by atoms with Gasteiger partial charge in [-0.1, -0.05) is 6.92 Å². The van der Waals surface area contributed by atoms with Gasteiger partial charge in [-0.3, -0.25) is 9.69 Å². The maximum absolute atomic E-state index is 12.7. The zero-order valence-electron chi connectivity index (χ0n) is 14.3. The maximum Gasteiger partial charge on any atom is 0.349 e. The van der Waals surface area contributed by atoms with Crippen molar-refractivity contribution in [1.29, 1.82) is 0 Å². The number of nitrogens with one attached hydrogen (secondary N) is 1. The van der Waals surface area contributed by atoms with Crippen LogP contribution in [-0.4, -0.2) is 62.6 Å². The quantitative estimate of drug-likeness (QED) is 0.638. The Hall–Kier alpha value is -1.49. The van der Waals surface area contributed by atoms with Crippen LogP contribution in [0.2, 0.25) is 0 Å². The summed E-state index contributed by atoms with van der Waals surface area (Å²) in [6.45, 7) is 4.04. The summed E-state index contributed by atoms with van der Waals surface area (Å²) in [5, 5.41) is 10.5. The molecule has 1 saturated carbocycles. The number of thiophene rings is 1. The summed E-state index contributed by atoms with van der Waals surface area (Å²) in [5.41, 5.74) is 0.495. The lowest BCUT2D eigenvalue weighted by Crippen LogP contribution is -2.54. The second-order valence-corrected chi connectivity index (χ2v) is 8.50. The summed E-state index contributed by atoms with van der Waals surface area (Å²) in [6, 6.07) is -0.236. The molecule has 8 nitrogen and oxygen atoms in total. The number of ether oxygens (including phenoxy) is 1. The smallest absolute Gasteiger partial charge is 0.349 e. The van der Waals surface area contributed by atoms with Crippen molar-refractivity contribution in [1.82, 2.24) is 9.62 Å². The van der Waals surface area contributed by atoms with Gasteiger partial charge in [0.05, 0.1) is 13.7 Å². The summed E-state index contributed by atoms with van der Waals surface area (Å²) < 4.78 is 32.6. The number of hydrogen-bond donors (Lipinski definition) is 2. The highest BCUT2D eigenvalue weighted by molar-refractivity contribution is 7.89. The number of nitrogens with zero attached hydrogens (tertiary/aromatic N) is 1. The number of methoxy groups -OCH3 is 1. The molecule has 1 aliphatic carbocycles. The number of likely N-dealkylation sites (N-methyl/N-ethyl adjacent to an activating group) is 1. The van der Waals surface area contributed by atoms with Crippen LogP contribution in [0.5, 0.6) is 0 Å². The van der Waals surface area contributed by atoms with Crippen LogP contribution >= 0.6 is 11.3 Å². The Kier molecular flexibility index (Phi) is 6.20. The van der Waals surface area contributed by atoms with Crippen LogP contribution < -0.4 is 4.72 Å². The number of carboxylic acid groups (broad SMARTS) is 1. The molecule has 1 aromatic rings. The monoisotopic (exact) mass is 390 g/mol. The molecule has 0 spiro atoms. The molecule has 2 rings (SSSR count). The molecule has 0 unspecified atom stereocenters. The summed E-state index contributed by atoms with van der Waals surface area (Å²) >= 11 is 1.04. The fraction of sp³-hybridized carbons (Fsp3) is 0.600. The van der Waals surface area contributed by atoms with E-state index < -0.39 is 22.0 Å². The molecule has 25 heavy (non-hydrogen) atoms. The number of aryl methyl sites for hydroxylation is 1. The van der Waals surface area contributed by atoms with E-state index in [0.717, 1.165) is 11.3 Å². The summed E-state index contributed by atoms with van der Waals surface area (Å²) in [6.07, 6.45) is 1.08. The fourth-order valence-corrected chi connectivity index (χ4v) is 5.90. The van der Waals surface area contributed by atoms with Gasteiger partial charge in [-0.25, -0.2) is 17.9 Å². The van der Waals surface area contributed by atoms with Crippen molar-refractivity contribution in [2.75, 3.05) is 20.2 Å². The van der Waals surface area contributed by atoms with Crippen LogP contribution in [0.15, 0.2) is 10.3 Å². The highest BCUT2D eigenvalue weighted by Gasteiger charge is 2.38. The number of rotatable bonds is 8. The maximum atomic E-state index is 12.7. The first-order valence-electron chi connectivity index (χ1n) is 7.84. The molecule has 0 saturated heterocycles.